The van der Waals surface area contributed by atoms with Crippen LogP contribution in [0.5, 0.6) is 0 Å². The summed E-state index contributed by atoms with van der Waals surface area (Å²) in [6.45, 7) is 2.27. The molecular weight excluding hydrogens is 621 g/mol. The molecule has 0 N–H and O–H groups in total. The Balaban J connectivity index is 1.24. The maximum atomic E-state index is 5.34. The molecule has 1 aliphatic carbocycles. The number of hydrogen-bond acceptors (Lipinski definition) is 4. The van der Waals surface area contributed by atoms with Gasteiger partial charge in [0.05, 0.1) is 5.52 Å². The van der Waals surface area contributed by atoms with Crippen molar-refractivity contribution >= 4 is 38.0 Å². The standard InChI is InChI=1S/C47H36N4/c1-31-14-4-2-3-5-22-42(39-19-10-9-17-37(31)39)46-49-45(33-26-24-32(25-27-33)36-28-35-16-7-13-23-44(35)48-30-36)50-47(51-46)43-29-34-15-6-8-18-38(34)40-20-11-12-21-41(40)43/h4,6-31H,2-3,5H2,1H3/b14-4-,42-22+. The minimum atomic E-state index is 0.269. The number of rotatable bonds is 4. The first-order valence-electron chi connectivity index (χ1n) is 17.8. The summed E-state index contributed by atoms with van der Waals surface area (Å²) in [6, 6.07) is 47.0. The van der Waals surface area contributed by atoms with Crippen LogP contribution in [-0.4, -0.2) is 19.9 Å². The van der Waals surface area contributed by atoms with Crippen molar-refractivity contribution in [2.75, 3.05) is 0 Å². The van der Waals surface area contributed by atoms with Crippen molar-refractivity contribution in [2.24, 2.45) is 0 Å². The Kier molecular flexibility index (Phi) is 7.98. The van der Waals surface area contributed by atoms with E-state index in [0.717, 1.165) is 68.8 Å². The molecule has 1 aliphatic rings. The second-order valence-electron chi connectivity index (χ2n) is 13.3. The Morgan fingerprint density at radius 2 is 1.22 bits per heavy atom. The number of hydrogen-bond donors (Lipinski definition) is 0. The molecule has 2 heterocycles. The number of pyridine rings is 1. The highest BCUT2D eigenvalue weighted by Gasteiger charge is 2.20. The molecule has 4 heteroatoms. The lowest BCUT2D eigenvalue weighted by molar-refractivity contribution is 0.850. The average molecular weight is 657 g/mol. The van der Waals surface area contributed by atoms with Crippen LogP contribution in [0.3, 0.4) is 0 Å². The SMILES string of the molecule is CC1/C=C\CCC/C=C(/c2nc(-c3ccc(-c4cnc5ccccc5c4)cc3)nc(-c3cc4ccccc4c4ccccc34)n2)c2ccccc21. The Morgan fingerprint density at radius 1 is 0.529 bits per heavy atom. The van der Waals surface area contributed by atoms with Gasteiger partial charge in [0.25, 0.3) is 0 Å². The van der Waals surface area contributed by atoms with Crippen LogP contribution in [0, 0.1) is 0 Å². The normalized spacial score (nSPS) is 16.4. The molecule has 51 heavy (non-hydrogen) atoms. The molecule has 1 unspecified atom stereocenters. The van der Waals surface area contributed by atoms with Crippen molar-refractivity contribution in [3.8, 4) is 33.9 Å². The van der Waals surface area contributed by atoms with E-state index in [0.29, 0.717) is 17.5 Å². The van der Waals surface area contributed by atoms with Gasteiger partial charge in [-0.15, -0.1) is 0 Å². The first-order valence-corrected chi connectivity index (χ1v) is 17.8. The van der Waals surface area contributed by atoms with Gasteiger partial charge in [0.1, 0.15) is 0 Å². The number of benzene rings is 6. The topological polar surface area (TPSA) is 51.6 Å². The zero-order chi connectivity index (χ0) is 34.1. The molecule has 4 nitrogen and oxygen atoms in total. The third-order valence-electron chi connectivity index (χ3n) is 10.0. The van der Waals surface area contributed by atoms with Crippen molar-refractivity contribution in [1.29, 1.82) is 0 Å². The molecule has 0 radical (unpaired) electrons. The van der Waals surface area contributed by atoms with Crippen LogP contribution in [0.4, 0.5) is 0 Å². The lowest BCUT2D eigenvalue weighted by Crippen LogP contribution is -2.06. The van der Waals surface area contributed by atoms with E-state index in [1.54, 1.807) is 0 Å². The van der Waals surface area contributed by atoms with Gasteiger partial charge < -0.3 is 0 Å². The quantitative estimate of drug-likeness (QED) is 0.140. The second-order valence-corrected chi connectivity index (χ2v) is 13.3. The minimum absolute atomic E-state index is 0.269. The van der Waals surface area contributed by atoms with Crippen LogP contribution in [0.25, 0.3) is 71.9 Å². The van der Waals surface area contributed by atoms with Gasteiger partial charge in [0.2, 0.25) is 0 Å². The summed E-state index contributed by atoms with van der Waals surface area (Å²) in [5, 5.41) is 5.81. The second kappa shape index (κ2) is 13.2. The van der Waals surface area contributed by atoms with Crippen molar-refractivity contribution in [3.63, 3.8) is 0 Å². The predicted molar refractivity (Wildman–Crippen MR) is 211 cm³/mol. The summed E-state index contributed by atoms with van der Waals surface area (Å²) < 4.78 is 0. The minimum Gasteiger partial charge on any atom is -0.256 e. The Hall–Kier alpha value is -6.26. The molecule has 0 bridgehead atoms. The van der Waals surface area contributed by atoms with E-state index in [2.05, 4.69) is 146 Å². The van der Waals surface area contributed by atoms with Crippen LogP contribution in [0.15, 0.2) is 158 Å². The number of para-hydroxylation sites is 1. The van der Waals surface area contributed by atoms with Gasteiger partial charge in [0.15, 0.2) is 17.5 Å². The van der Waals surface area contributed by atoms with Gasteiger partial charge >= 0.3 is 0 Å². The number of aromatic nitrogens is 4. The molecule has 2 aromatic heterocycles. The summed E-state index contributed by atoms with van der Waals surface area (Å²) >= 11 is 0. The van der Waals surface area contributed by atoms with Crippen molar-refractivity contribution < 1.29 is 0 Å². The van der Waals surface area contributed by atoms with Crippen molar-refractivity contribution in [3.05, 3.63) is 175 Å². The summed E-state index contributed by atoms with van der Waals surface area (Å²) in [6.07, 6.45) is 12.0. The molecule has 244 valence electrons. The van der Waals surface area contributed by atoms with E-state index in [1.165, 1.54) is 21.9 Å². The molecule has 6 aromatic carbocycles. The summed E-state index contributed by atoms with van der Waals surface area (Å²) in [4.78, 5) is 20.5. The molecule has 0 saturated carbocycles. The van der Waals surface area contributed by atoms with Crippen molar-refractivity contribution in [1.82, 2.24) is 19.9 Å². The van der Waals surface area contributed by atoms with Gasteiger partial charge in [-0.25, -0.2) is 15.0 Å². The lowest BCUT2D eigenvalue weighted by Gasteiger charge is -2.18. The summed E-state index contributed by atoms with van der Waals surface area (Å²) in [5.74, 6) is 2.28. The summed E-state index contributed by atoms with van der Waals surface area (Å²) in [5.41, 5.74) is 8.60. The molecule has 8 aromatic rings. The third-order valence-corrected chi connectivity index (χ3v) is 10.0. The van der Waals surface area contributed by atoms with Gasteiger partial charge in [-0.3, -0.25) is 4.98 Å². The fraction of sp³-hybridized carbons (Fsp3) is 0.106. The zero-order valence-electron chi connectivity index (χ0n) is 28.5. The first-order chi connectivity index (χ1) is 25.2. The van der Waals surface area contributed by atoms with E-state index < -0.39 is 0 Å². The molecule has 0 amide bonds. The van der Waals surface area contributed by atoms with Gasteiger partial charge in [-0.1, -0.05) is 140 Å². The highest BCUT2D eigenvalue weighted by Crippen LogP contribution is 2.37. The average Bonchev–Trinajstić information content (AvgIpc) is 3.20. The van der Waals surface area contributed by atoms with E-state index in [1.807, 2.05) is 18.3 Å². The van der Waals surface area contributed by atoms with Crippen LogP contribution in [-0.2, 0) is 0 Å². The Morgan fingerprint density at radius 3 is 2.10 bits per heavy atom. The van der Waals surface area contributed by atoms with Crippen LogP contribution in [0.1, 0.15) is 49.1 Å². The molecule has 1 atom stereocenters. The van der Waals surface area contributed by atoms with Crippen LogP contribution < -0.4 is 0 Å². The molecule has 9 rings (SSSR count). The number of fused-ring (bicyclic) bond motifs is 5. The van der Waals surface area contributed by atoms with E-state index >= 15 is 0 Å². The van der Waals surface area contributed by atoms with Crippen LogP contribution >= 0.6 is 0 Å². The Labute approximate surface area is 297 Å². The van der Waals surface area contributed by atoms with E-state index in [4.69, 9.17) is 19.9 Å². The third kappa shape index (κ3) is 5.89. The largest absolute Gasteiger partial charge is 0.256 e. The van der Waals surface area contributed by atoms with E-state index in [-0.39, 0.29) is 5.92 Å². The fourth-order valence-corrected chi connectivity index (χ4v) is 7.37. The molecule has 0 fully saturated rings. The molecule has 0 spiro atoms. The van der Waals surface area contributed by atoms with Crippen LogP contribution in [0.2, 0.25) is 0 Å². The van der Waals surface area contributed by atoms with Gasteiger partial charge in [-0.2, -0.15) is 0 Å². The molecule has 0 saturated heterocycles. The maximum absolute atomic E-state index is 5.34. The first kappa shape index (κ1) is 30.8. The predicted octanol–water partition coefficient (Wildman–Crippen LogP) is 12.0. The molecule has 0 aliphatic heterocycles. The number of allylic oxidation sites excluding steroid dienone is 3. The Bertz CT molecular complexity index is 2630. The fourth-order valence-electron chi connectivity index (χ4n) is 7.37. The van der Waals surface area contributed by atoms with E-state index in [9.17, 15) is 0 Å². The van der Waals surface area contributed by atoms with Crippen molar-refractivity contribution in [2.45, 2.75) is 32.1 Å². The monoisotopic (exact) mass is 656 g/mol. The maximum Gasteiger partial charge on any atom is 0.164 e. The number of nitrogens with zero attached hydrogens (tertiary/aromatic N) is 4. The van der Waals surface area contributed by atoms with Gasteiger partial charge in [0, 0.05) is 33.8 Å². The zero-order valence-corrected chi connectivity index (χ0v) is 28.5. The highest BCUT2D eigenvalue weighted by molar-refractivity contribution is 6.13. The lowest BCUT2D eigenvalue weighted by atomic mass is 9.89. The molecular formula is C47H36N4. The smallest absolute Gasteiger partial charge is 0.164 e. The summed E-state index contributed by atoms with van der Waals surface area (Å²) in [7, 11) is 0. The highest BCUT2D eigenvalue weighted by atomic mass is 15.0. The van der Waals surface area contributed by atoms with Gasteiger partial charge in [-0.05, 0) is 81.6 Å².